The molecule has 7 heteroatoms. The Morgan fingerprint density at radius 1 is 0.576 bits per heavy atom. The Kier molecular flexibility index (Phi) is 24.4. The van der Waals surface area contributed by atoms with Gasteiger partial charge in [0.05, 0.1) is 6.61 Å². The average molecular weight is 493 g/mol. The summed E-state index contributed by atoms with van der Waals surface area (Å²) in [4.78, 5) is 19.4. The third-order valence-corrected chi connectivity index (χ3v) is 7.10. The maximum Gasteiger partial charge on any atom is 0.435 e. The van der Waals surface area contributed by atoms with E-state index < -0.39 is 13.3 Å². The van der Waals surface area contributed by atoms with Crippen molar-refractivity contribution in [3.05, 3.63) is 0 Å². The predicted octanol–water partition coefficient (Wildman–Crippen LogP) is 9.10. The number of hydrogen-bond donors (Lipinski definition) is 2. The molecule has 0 aromatic rings. The van der Waals surface area contributed by atoms with E-state index in [0.717, 1.165) is 6.42 Å². The Bertz CT molecular complexity index is 472. The lowest BCUT2D eigenvalue weighted by Crippen LogP contribution is -2.04. The zero-order valence-electron chi connectivity index (χ0n) is 21.4. The molecule has 0 aliphatic carbocycles. The van der Waals surface area contributed by atoms with Crippen LogP contribution in [0.4, 0.5) is 4.79 Å². The molecular formula is C26H53O6P. The zero-order valence-corrected chi connectivity index (χ0v) is 22.3. The van der Waals surface area contributed by atoms with Crippen LogP contribution in [0.3, 0.4) is 0 Å². The Balaban J connectivity index is 3.11. The summed E-state index contributed by atoms with van der Waals surface area (Å²) in [5.41, 5.74) is -1.81. The second kappa shape index (κ2) is 24.7. The molecule has 0 bridgehead atoms. The van der Waals surface area contributed by atoms with E-state index in [2.05, 4.69) is 11.4 Å². The number of carbonyl (C=O) groups is 1. The van der Waals surface area contributed by atoms with Crippen LogP contribution in [0, 0.1) is 0 Å². The summed E-state index contributed by atoms with van der Waals surface area (Å²) in [6.07, 6.45) is 27.7. The molecule has 0 amide bonds. The number of ether oxygens (including phenoxy) is 1. The van der Waals surface area contributed by atoms with Gasteiger partial charge in [-0.2, -0.15) is 0 Å². The highest BCUT2D eigenvalue weighted by molar-refractivity contribution is 7.70. The molecule has 0 fully saturated rings. The minimum atomic E-state index is -4.50. The quantitative estimate of drug-likeness (QED) is 0.0877. The molecule has 6 nitrogen and oxygen atoms in total. The molecule has 1 atom stereocenters. The third-order valence-electron chi connectivity index (χ3n) is 6.08. The van der Waals surface area contributed by atoms with E-state index in [1.807, 2.05) is 0 Å². The lowest BCUT2D eigenvalue weighted by molar-refractivity contribution is 0.113. The van der Waals surface area contributed by atoms with Crippen molar-refractivity contribution in [2.75, 3.05) is 19.8 Å². The molecule has 0 aromatic heterocycles. The molecule has 0 aliphatic rings. The SMILES string of the molecule is CCCCCCCCCCCCCCCCCCCCCCOCCCOP(=O)(O)C(=O)O. The summed E-state index contributed by atoms with van der Waals surface area (Å²) in [6.45, 7) is 3.29. The standard InChI is InChI=1S/C26H53O6P/c1-2-3-4-5-6-7-8-9-10-11-12-13-14-15-16-17-18-19-20-21-23-31-24-22-25-32-33(29,30)26(27)28/h2-25H2,1H3,(H,27,28)(H,29,30). The van der Waals surface area contributed by atoms with Crippen LogP contribution in [-0.4, -0.2) is 35.5 Å². The minimum absolute atomic E-state index is 0.0840. The maximum absolute atomic E-state index is 11.0. The van der Waals surface area contributed by atoms with Gasteiger partial charge < -0.3 is 19.3 Å². The van der Waals surface area contributed by atoms with Gasteiger partial charge in [-0.1, -0.05) is 129 Å². The first kappa shape index (κ1) is 32.6. The second-order valence-corrected chi connectivity index (χ2v) is 11.0. The number of unbranched alkanes of at least 4 members (excludes halogenated alkanes) is 19. The fourth-order valence-electron chi connectivity index (χ4n) is 3.97. The van der Waals surface area contributed by atoms with E-state index in [4.69, 9.17) is 14.7 Å². The van der Waals surface area contributed by atoms with E-state index in [1.54, 1.807) is 0 Å². The molecule has 0 saturated heterocycles. The highest BCUT2D eigenvalue weighted by Gasteiger charge is 2.29. The molecule has 0 rings (SSSR count). The maximum atomic E-state index is 11.0. The normalized spacial score (nSPS) is 13.3. The molecule has 0 heterocycles. The molecule has 33 heavy (non-hydrogen) atoms. The first-order valence-electron chi connectivity index (χ1n) is 13.8. The molecule has 1 unspecified atom stereocenters. The first-order chi connectivity index (χ1) is 16.0. The van der Waals surface area contributed by atoms with Crippen LogP contribution in [0.5, 0.6) is 0 Å². The average Bonchev–Trinajstić information content (AvgIpc) is 2.79. The van der Waals surface area contributed by atoms with Gasteiger partial charge >= 0.3 is 13.3 Å². The van der Waals surface area contributed by atoms with Crippen LogP contribution < -0.4 is 0 Å². The summed E-state index contributed by atoms with van der Waals surface area (Å²) >= 11 is 0. The Morgan fingerprint density at radius 2 is 0.909 bits per heavy atom. The van der Waals surface area contributed by atoms with E-state index in [0.29, 0.717) is 19.6 Å². The van der Waals surface area contributed by atoms with Crippen LogP contribution in [-0.2, 0) is 13.8 Å². The van der Waals surface area contributed by atoms with Crippen LogP contribution in [0.2, 0.25) is 0 Å². The van der Waals surface area contributed by atoms with Crippen molar-refractivity contribution in [1.29, 1.82) is 0 Å². The van der Waals surface area contributed by atoms with Crippen LogP contribution >= 0.6 is 7.60 Å². The van der Waals surface area contributed by atoms with Crippen LogP contribution in [0.1, 0.15) is 142 Å². The minimum Gasteiger partial charge on any atom is -0.472 e. The molecule has 0 radical (unpaired) electrons. The monoisotopic (exact) mass is 492 g/mol. The zero-order chi connectivity index (χ0) is 24.5. The van der Waals surface area contributed by atoms with E-state index in [9.17, 15) is 9.36 Å². The largest absolute Gasteiger partial charge is 0.472 e. The van der Waals surface area contributed by atoms with Gasteiger partial charge in [-0.25, -0.2) is 9.36 Å². The fraction of sp³-hybridized carbons (Fsp3) is 0.962. The summed E-state index contributed by atoms with van der Waals surface area (Å²) < 4.78 is 21.0. The van der Waals surface area contributed by atoms with Crippen molar-refractivity contribution in [2.45, 2.75) is 142 Å². The lowest BCUT2D eigenvalue weighted by atomic mass is 10.0. The summed E-state index contributed by atoms with van der Waals surface area (Å²) in [7, 11) is -4.50. The summed E-state index contributed by atoms with van der Waals surface area (Å²) in [5, 5.41) is 8.46. The number of hydrogen-bond acceptors (Lipinski definition) is 4. The molecule has 198 valence electrons. The van der Waals surface area contributed by atoms with Gasteiger partial charge in [0.2, 0.25) is 0 Å². The summed E-state index contributed by atoms with van der Waals surface area (Å²) in [5.74, 6) is 0. The van der Waals surface area contributed by atoms with Gasteiger partial charge in [-0.3, -0.25) is 0 Å². The second-order valence-electron chi connectivity index (χ2n) is 9.32. The van der Waals surface area contributed by atoms with Gasteiger partial charge in [0, 0.05) is 13.2 Å². The smallest absolute Gasteiger partial charge is 0.435 e. The lowest BCUT2D eigenvalue weighted by Gasteiger charge is -2.07. The number of rotatable bonds is 27. The van der Waals surface area contributed by atoms with Gasteiger partial charge in [0.1, 0.15) is 0 Å². The molecule has 2 N–H and O–H groups in total. The van der Waals surface area contributed by atoms with E-state index in [-0.39, 0.29) is 6.61 Å². The molecule has 0 aliphatic heterocycles. The van der Waals surface area contributed by atoms with Crippen LogP contribution in [0.15, 0.2) is 0 Å². The molecular weight excluding hydrogens is 439 g/mol. The van der Waals surface area contributed by atoms with Crippen molar-refractivity contribution in [1.82, 2.24) is 0 Å². The molecule has 0 saturated carbocycles. The fourth-order valence-corrected chi connectivity index (χ4v) is 4.45. The van der Waals surface area contributed by atoms with Crippen LogP contribution in [0.25, 0.3) is 0 Å². The van der Waals surface area contributed by atoms with Gasteiger partial charge in [0.25, 0.3) is 0 Å². The Morgan fingerprint density at radius 3 is 1.27 bits per heavy atom. The first-order valence-corrected chi connectivity index (χ1v) is 15.4. The van der Waals surface area contributed by atoms with Gasteiger partial charge in [-0.15, -0.1) is 0 Å². The Labute approximate surface area is 203 Å². The molecule has 0 aromatic carbocycles. The van der Waals surface area contributed by atoms with Crippen molar-refractivity contribution in [2.24, 2.45) is 0 Å². The summed E-state index contributed by atoms with van der Waals surface area (Å²) in [6, 6.07) is 0. The highest BCUT2D eigenvalue weighted by Crippen LogP contribution is 2.42. The highest BCUT2D eigenvalue weighted by atomic mass is 31.2. The van der Waals surface area contributed by atoms with Crippen molar-refractivity contribution in [3.63, 3.8) is 0 Å². The van der Waals surface area contributed by atoms with Crippen molar-refractivity contribution in [3.8, 4) is 0 Å². The van der Waals surface area contributed by atoms with E-state index >= 15 is 0 Å². The van der Waals surface area contributed by atoms with Gasteiger partial charge in [-0.05, 0) is 12.8 Å². The van der Waals surface area contributed by atoms with Gasteiger partial charge in [0.15, 0.2) is 0 Å². The Hall–Kier alpha value is -0.420. The topological polar surface area (TPSA) is 93.1 Å². The van der Waals surface area contributed by atoms with Crippen molar-refractivity contribution < 1.29 is 28.6 Å². The predicted molar refractivity (Wildman–Crippen MR) is 137 cm³/mol. The third kappa shape index (κ3) is 24.5. The van der Waals surface area contributed by atoms with Crippen molar-refractivity contribution >= 4 is 13.3 Å². The molecule has 0 spiro atoms. The number of carboxylic acid groups (broad SMARTS) is 1. The van der Waals surface area contributed by atoms with E-state index in [1.165, 1.54) is 122 Å².